The molecule has 2 saturated heterocycles. The van der Waals surface area contributed by atoms with Crippen molar-refractivity contribution in [2.75, 3.05) is 30.9 Å². The highest BCUT2D eigenvalue weighted by atomic mass is 32.2. The number of nitrogens with one attached hydrogen (secondary N) is 1. The molecule has 8 heteroatoms. The number of likely N-dealkylation sites (tertiary alicyclic amines) is 2. The zero-order chi connectivity index (χ0) is 19.6. The van der Waals surface area contributed by atoms with E-state index in [2.05, 4.69) is 9.62 Å². The van der Waals surface area contributed by atoms with Crippen molar-refractivity contribution in [3.8, 4) is 0 Å². The minimum atomic E-state index is -3.57. The van der Waals surface area contributed by atoms with Crippen molar-refractivity contribution in [2.24, 2.45) is 0 Å². The van der Waals surface area contributed by atoms with E-state index >= 15 is 0 Å². The number of anilines is 1. The van der Waals surface area contributed by atoms with Gasteiger partial charge in [0, 0.05) is 30.4 Å². The van der Waals surface area contributed by atoms with Gasteiger partial charge in [0.1, 0.15) is 4.21 Å². The normalized spacial score (nSPS) is 19.1. The standard InChI is InChI=1S/C20H25N3O3S2/c24-20(23-13-9-18(10-14-23)22-11-1-2-12-22)16-5-7-17(8-6-16)21-28(25,26)19-4-3-15-27-19/h3-8,15,18,21H,1-2,9-14H2. The Hall–Kier alpha value is -1.90. The molecule has 1 amide bonds. The number of thiophene rings is 1. The largest absolute Gasteiger partial charge is 0.339 e. The van der Waals surface area contributed by atoms with Gasteiger partial charge >= 0.3 is 0 Å². The Labute approximate surface area is 170 Å². The van der Waals surface area contributed by atoms with E-state index < -0.39 is 10.0 Å². The van der Waals surface area contributed by atoms with Crippen LogP contribution in [0, 0.1) is 0 Å². The lowest BCUT2D eigenvalue weighted by Gasteiger charge is -2.36. The molecule has 4 rings (SSSR count). The number of benzene rings is 1. The summed E-state index contributed by atoms with van der Waals surface area (Å²) in [6.07, 6.45) is 4.65. The molecule has 2 aromatic rings. The molecule has 0 spiro atoms. The third-order valence-corrected chi connectivity index (χ3v) is 8.33. The maximum absolute atomic E-state index is 12.8. The highest BCUT2D eigenvalue weighted by molar-refractivity contribution is 7.94. The number of nitrogens with zero attached hydrogens (tertiary/aromatic N) is 2. The maximum Gasteiger partial charge on any atom is 0.271 e. The van der Waals surface area contributed by atoms with E-state index in [9.17, 15) is 13.2 Å². The van der Waals surface area contributed by atoms with Crippen LogP contribution in [-0.2, 0) is 10.0 Å². The van der Waals surface area contributed by atoms with Crippen molar-refractivity contribution in [1.29, 1.82) is 0 Å². The fourth-order valence-electron chi connectivity index (χ4n) is 4.03. The molecule has 0 unspecified atom stereocenters. The number of hydrogen-bond acceptors (Lipinski definition) is 5. The van der Waals surface area contributed by atoms with Gasteiger partial charge < -0.3 is 9.80 Å². The van der Waals surface area contributed by atoms with E-state index in [-0.39, 0.29) is 10.1 Å². The van der Waals surface area contributed by atoms with Gasteiger partial charge in [-0.05, 0) is 74.5 Å². The number of amides is 1. The van der Waals surface area contributed by atoms with Gasteiger partial charge in [0.2, 0.25) is 0 Å². The first-order valence-corrected chi connectivity index (χ1v) is 12.1. The van der Waals surface area contributed by atoms with Crippen molar-refractivity contribution < 1.29 is 13.2 Å². The quantitative estimate of drug-likeness (QED) is 0.808. The number of piperidine rings is 1. The second kappa shape index (κ2) is 8.23. The Kier molecular flexibility index (Phi) is 5.70. The average molecular weight is 420 g/mol. The monoisotopic (exact) mass is 419 g/mol. The molecule has 2 aliphatic heterocycles. The van der Waals surface area contributed by atoms with Crippen molar-refractivity contribution in [2.45, 2.75) is 35.9 Å². The zero-order valence-corrected chi connectivity index (χ0v) is 17.3. The first-order valence-electron chi connectivity index (χ1n) is 9.73. The van der Waals surface area contributed by atoms with Crippen LogP contribution in [0.25, 0.3) is 0 Å². The second-order valence-electron chi connectivity index (χ2n) is 7.38. The third-order valence-electron chi connectivity index (χ3n) is 5.55. The van der Waals surface area contributed by atoms with Crippen molar-refractivity contribution in [3.63, 3.8) is 0 Å². The van der Waals surface area contributed by atoms with Crippen LogP contribution in [0.5, 0.6) is 0 Å². The molecule has 28 heavy (non-hydrogen) atoms. The van der Waals surface area contributed by atoms with E-state index in [1.165, 1.54) is 37.3 Å². The van der Waals surface area contributed by atoms with Gasteiger partial charge in [-0.15, -0.1) is 11.3 Å². The molecule has 2 aliphatic rings. The van der Waals surface area contributed by atoms with Crippen LogP contribution in [0.1, 0.15) is 36.0 Å². The zero-order valence-electron chi connectivity index (χ0n) is 15.7. The molecular weight excluding hydrogens is 394 g/mol. The SMILES string of the molecule is O=C(c1ccc(NS(=O)(=O)c2cccs2)cc1)N1CCC(N2CCCC2)CC1. The van der Waals surface area contributed by atoms with E-state index in [4.69, 9.17) is 0 Å². The average Bonchev–Trinajstić information content (AvgIpc) is 3.42. The smallest absolute Gasteiger partial charge is 0.271 e. The highest BCUT2D eigenvalue weighted by Crippen LogP contribution is 2.23. The fraction of sp³-hybridized carbons (Fsp3) is 0.450. The molecule has 0 atom stereocenters. The summed E-state index contributed by atoms with van der Waals surface area (Å²) in [6, 6.07) is 10.6. The lowest BCUT2D eigenvalue weighted by molar-refractivity contribution is 0.0644. The Morgan fingerprint density at radius 1 is 1.00 bits per heavy atom. The second-order valence-corrected chi connectivity index (χ2v) is 10.2. The summed E-state index contributed by atoms with van der Waals surface area (Å²) in [5.41, 5.74) is 1.05. The summed E-state index contributed by atoms with van der Waals surface area (Å²) in [6.45, 7) is 3.96. The minimum absolute atomic E-state index is 0.0209. The molecule has 2 fully saturated rings. The van der Waals surface area contributed by atoms with Crippen LogP contribution in [0.15, 0.2) is 46.0 Å². The van der Waals surface area contributed by atoms with Gasteiger partial charge in [0.05, 0.1) is 0 Å². The highest BCUT2D eigenvalue weighted by Gasteiger charge is 2.28. The third kappa shape index (κ3) is 4.24. The lowest BCUT2D eigenvalue weighted by Crippen LogP contribution is -2.45. The Morgan fingerprint density at radius 3 is 2.29 bits per heavy atom. The molecule has 0 aliphatic carbocycles. The summed E-state index contributed by atoms with van der Waals surface area (Å²) in [7, 11) is -3.57. The number of rotatable bonds is 5. The summed E-state index contributed by atoms with van der Waals surface area (Å²) in [4.78, 5) is 17.3. The molecular formula is C20H25N3O3S2. The predicted molar refractivity (Wildman–Crippen MR) is 111 cm³/mol. The molecule has 0 bridgehead atoms. The van der Waals surface area contributed by atoms with Crippen LogP contribution in [0.4, 0.5) is 5.69 Å². The van der Waals surface area contributed by atoms with Crippen LogP contribution in [0.2, 0.25) is 0 Å². The molecule has 1 aromatic heterocycles. The Balaban J connectivity index is 1.35. The molecule has 1 N–H and O–H groups in total. The van der Waals surface area contributed by atoms with E-state index in [1.807, 2.05) is 4.90 Å². The Morgan fingerprint density at radius 2 is 1.68 bits per heavy atom. The van der Waals surface area contributed by atoms with Crippen LogP contribution >= 0.6 is 11.3 Å². The summed E-state index contributed by atoms with van der Waals surface area (Å²) < 4.78 is 27.4. The van der Waals surface area contributed by atoms with Crippen molar-refractivity contribution >= 4 is 33.0 Å². The van der Waals surface area contributed by atoms with Gasteiger partial charge in [-0.1, -0.05) is 6.07 Å². The Bertz CT molecular complexity index is 897. The van der Waals surface area contributed by atoms with Crippen molar-refractivity contribution in [3.05, 3.63) is 47.3 Å². The van der Waals surface area contributed by atoms with Gasteiger partial charge in [-0.25, -0.2) is 8.42 Å². The summed E-state index contributed by atoms with van der Waals surface area (Å²) >= 11 is 1.17. The van der Waals surface area contributed by atoms with Gasteiger partial charge in [-0.3, -0.25) is 9.52 Å². The number of hydrogen-bond donors (Lipinski definition) is 1. The van der Waals surface area contributed by atoms with E-state index in [0.717, 1.165) is 25.9 Å². The summed E-state index contributed by atoms with van der Waals surface area (Å²) in [5.74, 6) is 0.0209. The predicted octanol–water partition coefficient (Wildman–Crippen LogP) is 3.25. The lowest BCUT2D eigenvalue weighted by atomic mass is 10.0. The van der Waals surface area contributed by atoms with Crippen LogP contribution in [0.3, 0.4) is 0 Å². The maximum atomic E-state index is 12.8. The molecule has 3 heterocycles. The number of carbonyl (C=O) groups is 1. The topological polar surface area (TPSA) is 69.7 Å². The summed E-state index contributed by atoms with van der Waals surface area (Å²) in [5, 5.41) is 1.73. The molecule has 1 aromatic carbocycles. The molecule has 0 radical (unpaired) electrons. The fourth-order valence-corrected chi connectivity index (χ4v) is 6.08. The van der Waals surface area contributed by atoms with Crippen LogP contribution < -0.4 is 4.72 Å². The van der Waals surface area contributed by atoms with E-state index in [0.29, 0.717) is 17.3 Å². The van der Waals surface area contributed by atoms with Crippen LogP contribution in [-0.4, -0.2) is 56.3 Å². The first kappa shape index (κ1) is 19.4. The first-order chi connectivity index (χ1) is 13.5. The number of sulfonamides is 1. The minimum Gasteiger partial charge on any atom is -0.339 e. The van der Waals surface area contributed by atoms with Gasteiger partial charge in [0.25, 0.3) is 15.9 Å². The van der Waals surface area contributed by atoms with Gasteiger partial charge in [0.15, 0.2) is 0 Å². The van der Waals surface area contributed by atoms with Crippen molar-refractivity contribution in [1.82, 2.24) is 9.80 Å². The number of carbonyl (C=O) groups excluding carboxylic acids is 1. The molecule has 150 valence electrons. The van der Waals surface area contributed by atoms with Gasteiger partial charge in [-0.2, -0.15) is 0 Å². The van der Waals surface area contributed by atoms with E-state index in [1.54, 1.807) is 41.8 Å². The molecule has 6 nitrogen and oxygen atoms in total. The molecule has 0 saturated carbocycles.